The van der Waals surface area contributed by atoms with Crippen molar-refractivity contribution in [3.8, 4) is 11.5 Å². The maximum atomic E-state index is 12.3. The molecule has 0 aliphatic carbocycles. The number of ether oxygens (including phenoxy) is 1. The molecular formula is C19H21NO3. The maximum absolute atomic E-state index is 12.3. The molecule has 1 saturated heterocycles. The van der Waals surface area contributed by atoms with Crippen LogP contribution < -0.4 is 4.74 Å². The monoisotopic (exact) mass is 311 g/mol. The number of rotatable bonds is 2. The molecule has 23 heavy (non-hydrogen) atoms. The molecule has 4 nitrogen and oxygen atoms in total. The smallest absolute Gasteiger partial charge is 0.415 e. The number of para-hydroxylation sites is 1. The Morgan fingerprint density at radius 2 is 1.96 bits per heavy atom. The second-order valence-electron chi connectivity index (χ2n) is 6.09. The summed E-state index contributed by atoms with van der Waals surface area (Å²) in [5.74, 6) is 1.53. The van der Waals surface area contributed by atoms with E-state index in [4.69, 9.17) is 4.74 Å². The van der Waals surface area contributed by atoms with Crippen molar-refractivity contribution in [3.05, 3.63) is 60.2 Å². The first kappa shape index (κ1) is 15.4. The van der Waals surface area contributed by atoms with Crippen molar-refractivity contribution in [1.82, 2.24) is 4.90 Å². The van der Waals surface area contributed by atoms with Crippen LogP contribution in [0.25, 0.3) is 0 Å². The summed E-state index contributed by atoms with van der Waals surface area (Å²) >= 11 is 0. The van der Waals surface area contributed by atoms with Gasteiger partial charge in [0, 0.05) is 13.1 Å². The summed E-state index contributed by atoms with van der Waals surface area (Å²) < 4.78 is 5.41. The normalized spacial score (nSPS) is 21.0. The van der Waals surface area contributed by atoms with Gasteiger partial charge in [-0.25, -0.2) is 4.79 Å². The maximum Gasteiger partial charge on any atom is 0.415 e. The number of piperidine rings is 1. The van der Waals surface area contributed by atoms with Gasteiger partial charge in [0.1, 0.15) is 11.5 Å². The Morgan fingerprint density at radius 1 is 1.17 bits per heavy atom. The lowest BCUT2D eigenvalue weighted by Crippen LogP contribution is -2.43. The molecule has 1 heterocycles. The van der Waals surface area contributed by atoms with E-state index < -0.39 is 0 Å². The summed E-state index contributed by atoms with van der Waals surface area (Å²) in [5, 5.41) is 9.65. The fourth-order valence-electron chi connectivity index (χ4n) is 3.22. The van der Waals surface area contributed by atoms with Gasteiger partial charge in [-0.05, 0) is 48.1 Å². The standard InChI is InChI=1S/C19H21NO3/c1-14-13-20(19(22)23-17-8-3-2-4-9-17)11-10-18(14)15-6-5-7-16(21)12-15/h2-9,12,14,18,21H,10-11,13H2,1H3/t14-,18?/m0/s1. The van der Waals surface area contributed by atoms with Gasteiger partial charge in [-0.2, -0.15) is 0 Å². The summed E-state index contributed by atoms with van der Waals surface area (Å²) in [5.41, 5.74) is 1.13. The highest BCUT2D eigenvalue weighted by Gasteiger charge is 2.30. The fourth-order valence-corrected chi connectivity index (χ4v) is 3.22. The Morgan fingerprint density at radius 3 is 2.65 bits per heavy atom. The molecule has 2 atom stereocenters. The van der Waals surface area contributed by atoms with Crippen molar-refractivity contribution in [2.75, 3.05) is 13.1 Å². The number of nitrogens with zero attached hydrogens (tertiary/aromatic N) is 1. The molecule has 3 rings (SSSR count). The van der Waals surface area contributed by atoms with Gasteiger partial charge >= 0.3 is 6.09 Å². The molecule has 1 amide bonds. The van der Waals surface area contributed by atoms with Crippen LogP contribution in [0.5, 0.6) is 11.5 Å². The zero-order valence-electron chi connectivity index (χ0n) is 13.2. The van der Waals surface area contributed by atoms with Gasteiger partial charge in [-0.15, -0.1) is 0 Å². The Kier molecular flexibility index (Phi) is 4.51. The Bertz CT molecular complexity index is 671. The third-order valence-electron chi connectivity index (χ3n) is 4.41. The average Bonchev–Trinajstić information content (AvgIpc) is 2.55. The van der Waals surface area contributed by atoms with E-state index in [-0.39, 0.29) is 6.09 Å². The topological polar surface area (TPSA) is 49.8 Å². The first-order valence-corrected chi connectivity index (χ1v) is 7.94. The molecule has 1 N–H and O–H groups in total. The second-order valence-corrected chi connectivity index (χ2v) is 6.09. The molecule has 1 aliphatic rings. The number of hydrogen-bond acceptors (Lipinski definition) is 3. The Labute approximate surface area is 136 Å². The number of hydrogen-bond donors (Lipinski definition) is 1. The molecule has 2 aromatic carbocycles. The highest BCUT2D eigenvalue weighted by molar-refractivity contribution is 5.70. The number of phenols is 1. The molecule has 4 heteroatoms. The molecular weight excluding hydrogens is 290 g/mol. The van der Waals surface area contributed by atoms with Crippen molar-refractivity contribution < 1.29 is 14.6 Å². The predicted octanol–water partition coefficient (Wildman–Crippen LogP) is 4.02. The van der Waals surface area contributed by atoms with Crippen molar-refractivity contribution in [1.29, 1.82) is 0 Å². The summed E-state index contributed by atoms with van der Waals surface area (Å²) in [6.07, 6.45) is 0.575. The Balaban J connectivity index is 1.63. The largest absolute Gasteiger partial charge is 0.508 e. The van der Waals surface area contributed by atoms with E-state index in [9.17, 15) is 9.90 Å². The third kappa shape index (κ3) is 3.65. The lowest BCUT2D eigenvalue weighted by molar-refractivity contribution is 0.122. The van der Waals surface area contributed by atoms with Crippen LogP contribution in [0.15, 0.2) is 54.6 Å². The minimum Gasteiger partial charge on any atom is -0.508 e. The minimum atomic E-state index is -0.294. The molecule has 0 spiro atoms. The number of likely N-dealkylation sites (tertiary alicyclic amines) is 1. The average molecular weight is 311 g/mol. The highest BCUT2D eigenvalue weighted by atomic mass is 16.6. The minimum absolute atomic E-state index is 0.292. The molecule has 120 valence electrons. The second kappa shape index (κ2) is 6.73. The first-order valence-electron chi connectivity index (χ1n) is 7.94. The Hall–Kier alpha value is -2.49. The van der Waals surface area contributed by atoms with E-state index in [1.54, 1.807) is 23.1 Å². The molecule has 1 aliphatic heterocycles. The van der Waals surface area contributed by atoms with Crippen LogP contribution in [0, 0.1) is 5.92 Å². The predicted molar refractivity (Wildman–Crippen MR) is 88.7 cm³/mol. The number of amides is 1. The highest BCUT2D eigenvalue weighted by Crippen LogP contribution is 2.34. The zero-order valence-corrected chi connectivity index (χ0v) is 13.2. The first-order chi connectivity index (χ1) is 11.1. The molecule has 1 fully saturated rings. The zero-order chi connectivity index (χ0) is 16.2. The van der Waals surface area contributed by atoms with Crippen LogP contribution in [0.4, 0.5) is 4.79 Å². The van der Waals surface area contributed by atoms with E-state index in [0.29, 0.717) is 36.4 Å². The third-order valence-corrected chi connectivity index (χ3v) is 4.41. The lowest BCUT2D eigenvalue weighted by Gasteiger charge is -2.36. The van der Waals surface area contributed by atoms with Crippen LogP contribution in [-0.2, 0) is 0 Å². The van der Waals surface area contributed by atoms with Crippen molar-refractivity contribution in [3.63, 3.8) is 0 Å². The van der Waals surface area contributed by atoms with E-state index in [1.807, 2.05) is 36.4 Å². The molecule has 0 aromatic heterocycles. The van der Waals surface area contributed by atoms with Crippen molar-refractivity contribution in [2.45, 2.75) is 19.3 Å². The van der Waals surface area contributed by atoms with Crippen LogP contribution >= 0.6 is 0 Å². The van der Waals surface area contributed by atoms with E-state index in [1.165, 1.54) is 0 Å². The van der Waals surface area contributed by atoms with Gasteiger partial charge in [-0.3, -0.25) is 0 Å². The van der Waals surface area contributed by atoms with Crippen molar-refractivity contribution in [2.24, 2.45) is 5.92 Å². The number of benzene rings is 2. The van der Waals surface area contributed by atoms with E-state index >= 15 is 0 Å². The molecule has 0 saturated carbocycles. The number of aromatic hydroxyl groups is 1. The van der Waals surface area contributed by atoms with Crippen LogP contribution in [-0.4, -0.2) is 29.2 Å². The number of phenolic OH excluding ortho intramolecular Hbond substituents is 1. The van der Waals surface area contributed by atoms with Crippen LogP contribution in [0.1, 0.15) is 24.8 Å². The van der Waals surface area contributed by atoms with Gasteiger partial charge in [0.15, 0.2) is 0 Å². The SMILES string of the molecule is C[C@H]1CN(C(=O)Oc2ccccc2)CCC1c1cccc(O)c1. The lowest BCUT2D eigenvalue weighted by atomic mass is 9.81. The van der Waals surface area contributed by atoms with Gasteiger partial charge in [0.05, 0.1) is 0 Å². The van der Waals surface area contributed by atoms with E-state index in [0.717, 1.165) is 12.0 Å². The molecule has 1 unspecified atom stereocenters. The molecule has 2 aromatic rings. The van der Waals surface area contributed by atoms with E-state index in [2.05, 4.69) is 6.92 Å². The summed E-state index contributed by atoms with van der Waals surface area (Å²) in [7, 11) is 0. The number of carbonyl (C=O) groups is 1. The quantitative estimate of drug-likeness (QED) is 0.911. The van der Waals surface area contributed by atoms with Crippen LogP contribution in [0.2, 0.25) is 0 Å². The molecule has 0 bridgehead atoms. The van der Waals surface area contributed by atoms with Gasteiger partial charge in [0.25, 0.3) is 0 Å². The summed E-state index contributed by atoms with van der Waals surface area (Å²) in [6, 6.07) is 16.5. The summed E-state index contributed by atoms with van der Waals surface area (Å²) in [4.78, 5) is 14.0. The molecule has 0 radical (unpaired) electrons. The fraction of sp³-hybridized carbons (Fsp3) is 0.316. The van der Waals surface area contributed by atoms with Gasteiger partial charge < -0.3 is 14.7 Å². The summed E-state index contributed by atoms with van der Waals surface area (Å²) in [6.45, 7) is 3.46. The number of carbonyl (C=O) groups excluding carboxylic acids is 1. The van der Waals surface area contributed by atoms with Gasteiger partial charge in [-0.1, -0.05) is 37.3 Å². The van der Waals surface area contributed by atoms with Crippen LogP contribution in [0.3, 0.4) is 0 Å². The van der Waals surface area contributed by atoms with Crippen molar-refractivity contribution >= 4 is 6.09 Å². The van der Waals surface area contributed by atoms with Gasteiger partial charge in [0.2, 0.25) is 0 Å².